The lowest BCUT2D eigenvalue weighted by Crippen LogP contribution is -2.17. The molecule has 3 heteroatoms. The molecule has 2 rings (SSSR count). The van der Waals surface area contributed by atoms with Crippen LogP contribution in [0.3, 0.4) is 0 Å². The van der Waals surface area contributed by atoms with Crippen LogP contribution in [-0.4, -0.2) is 0 Å². The first-order valence-corrected chi connectivity index (χ1v) is 6.55. The molecule has 0 bridgehead atoms. The maximum absolute atomic E-state index is 8.74. The first kappa shape index (κ1) is 13.6. The van der Waals surface area contributed by atoms with Gasteiger partial charge in [-0.25, -0.2) is 0 Å². The normalized spacial score (nSPS) is 11.8. The van der Waals surface area contributed by atoms with Gasteiger partial charge in [-0.05, 0) is 42.3 Å². The van der Waals surface area contributed by atoms with Crippen molar-refractivity contribution in [1.82, 2.24) is 5.32 Å². The lowest BCUT2D eigenvalue weighted by Gasteiger charge is -2.14. The zero-order chi connectivity index (χ0) is 13.7. The van der Waals surface area contributed by atoms with Gasteiger partial charge in [0, 0.05) is 17.6 Å². The highest BCUT2D eigenvalue weighted by atomic mass is 35.5. The van der Waals surface area contributed by atoms with E-state index in [1.807, 2.05) is 42.5 Å². The van der Waals surface area contributed by atoms with Gasteiger partial charge in [-0.3, -0.25) is 0 Å². The van der Waals surface area contributed by atoms with E-state index in [-0.39, 0.29) is 6.04 Å². The third-order valence-corrected chi connectivity index (χ3v) is 3.28. The molecule has 0 spiro atoms. The van der Waals surface area contributed by atoms with Crippen molar-refractivity contribution < 1.29 is 0 Å². The summed E-state index contributed by atoms with van der Waals surface area (Å²) in [7, 11) is 0. The Balaban J connectivity index is 1.96. The number of nitrogens with one attached hydrogen (secondary N) is 1. The van der Waals surface area contributed by atoms with E-state index >= 15 is 0 Å². The summed E-state index contributed by atoms with van der Waals surface area (Å²) in [5.74, 6) is 0. The molecule has 0 saturated heterocycles. The zero-order valence-corrected chi connectivity index (χ0v) is 11.5. The Hall–Kier alpha value is -1.82. The fourth-order valence-electron chi connectivity index (χ4n) is 1.86. The first-order chi connectivity index (χ1) is 9.19. The molecule has 0 aliphatic carbocycles. The fourth-order valence-corrected chi connectivity index (χ4v) is 2.06. The van der Waals surface area contributed by atoms with Gasteiger partial charge in [-0.2, -0.15) is 5.26 Å². The molecule has 1 atom stereocenters. The maximum Gasteiger partial charge on any atom is 0.0991 e. The average Bonchev–Trinajstić information content (AvgIpc) is 2.45. The van der Waals surface area contributed by atoms with Gasteiger partial charge < -0.3 is 5.32 Å². The van der Waals surface area contributed by atoms with E-state index in [1.54, 1.807) is 0 Å². The van der Waals surface area contributed by atoms with Gasteiger partial charge in [0.15, 0.2) is 0 Å². The molecule has 0 aliphatic rings. The molecular formula is C16H15ClN2. The Labute approximate surface area is 118 Å². The van der Waals surface area contributed by atoms with Gasteiger partial charge in [0.2, 0.25) is 0 Å². The molecule has 0 saturated carbocycles. The van der Waals surface area contributed by atoms with E-state index < -0.39 is 0 Å². The van der Waals surface area contributed by atoms with Crippen molar-refractivity contribution in [1.29, 1.82) is 5.26 Å². The number of benzene rings is 2. The van der Waals surface area contributed by atoms with Crippen molar-refractivity contribution in [3.8, 4) is 6.07 Å². The van der Waals surface area contributed by atoms with E-state index in [0.717, 1.165) is 17.1 Å². The molecule has 0 amide bonds. The Bertz CT molecular complexity index is 584. The van der Waals surface area contributed by atoms with Crippen molar-refractivity contribution >= 4 is 11.6 Å². The van der Waals surface area contributed by atoms with Gasteiger partial charge in [-0.15, -0.1) is 0 Å². The Kier molecular flexibility index (Phi) is 4.57. The van der Waals surface area contributed by atoms with E-state index in [4.69, 9.17) is 16.9 Å². The molecule has 96 valence electrons. The van der Waals surface area contributed by atoms with Crippen LogP contribution < -0.4 is 5.32 Å². The van der Waals surface area contributed by atoms with E-state index in [2.05, 4.69) is 24.4 Å². The molecule has 0 radical (unpaired) electrons. The number of rotatable bonds is 4. The topological polar surface area (TPSA) is 35.8 Å². The van der Waals surface area contributed by atoms with Crippen LogP contribution in [0.2, 0.25) is 5.02 Å². The number of nitriles is 1. The standard InChI is InChI=1S/C16H15ClN2/c1-12(15-3-2-4-16(17)9-15)19-11-14-7-5-13(10-18)6-8-14/h2-9,12,19H,11H2,1H3/t12-/m0/s1. The molecular weight excluding hydrogens is 256 g/mol. The fraction of sp³-hybridized carbons (Fsp3) is 0.188. The minimum atomic E-state index is 0.231. The van der Waals surface area contributed by atoms with E-state index in [9.17, 15) is 0 Å². The number of nitrogens with zero attached hydrogens (tertiary/aromatic N) is 1. The summed E-state index contributed by atoms with van der Waals surface area (Å²) in [5, 5.41) is 12.9. The summed E-state index contributed by atoms with van der Waals surface area (Å²) in [6.45, 7) is 2.87. The van der Waals surface area contributed by atoms with Gasteiger partial charge in [-0.1, -0.05) is 35.9 Å². The zero-order valence-electron chi connectivity index (χ0n) is 10.7. The van der Waals surface area contributed by atoms with Gasteiger partial charge in [0.1, 0.15) is 0 Å². The highest BCUT2D eigenvalue weighted by Gasteiger charge is 2.05. The van der Waals surface area contributed by atoms with Crippen LogP contribution in [-0.2, 0) is 6.54 Å². The highest BCUT2D eigenvalue weighted by molar-refractivity contribution is 6.30. The van der Waals surface area contributed by atoms with Crippen LogP contribution in [0.1, 0.15) is 29.7 Å². The predicted molar refractivity (Wildman–Crippen MR) is 77.9 cm³/mol. The van der Waals surface area contributed by atoms with Crippen LogP contribution in [0.25, 0.3) is 0 Å². The van der Waals surface area contributed by atoms with E-state index in [0.29, 0.717) is 5.56 Å². The molecule has 2 aromatic carbocycles. The highest BCUT2D eigenvalue weighted by Crippen LogP contribution is 2.17. The average molecular weight is 271 g/mol. The molecule has 2 aromatic rings. The largest absolute Gasteiger partial charge is 0.306 e. The van der Waals surface area contributed by atoms with Crippen molar-refractivity contribution in [3.63, 3.8) is 0 Å². The third-order valence-electron chi connectivity index (χ3n) is 3.04. The van der Waals surface area contributed by atoms with Crippen molar-refractivity contribution in [2.24, 2.45) is 0 Å². The predicted octanol–water partition coefficient (Wildman–Crippen LogP) is 4.06. The third kappa shape index (κ3) is 3.82. The summed E-state index contributed by atoms with van der Waals surface area (Å²) in [4.78, 5) is 0. The Morgan fingerprint density at radius 2 is 1.95 bits per heavy atom. The number of hydrogen-bond acceptors (Lipinski definition) is 2. The quantitative estimate of drug-likeness (QED) is 0.909. The number of halogens is 1. The second-order valence-corrected chi connectivity index (χ2v) is 4.90. The Morgan fingerprint density at radius 3 is 2.58 bits per heavy atom. The molecule has 19 heavy (non-hydrogen) atoms. The van der Waals surface area contributed by atoms with Crippen LogP contribution in [0.5, 0.6) is 0 Å². The summed E-state index contributed by atoms with van der Waals surface area (Å²) in [5.41, 5.74) is 3.01. The molecule has 2 nitrogen and oxygen atoms in total. The first-order valence-electron chi connectivity index (χ1n) is 6.17. The molecule has 0 aliphatic heterocycles. The maximum atomic E-state index is 8.74. The summed E-state index contributed by atoms with van der Waals surface area (Å²) < 4.78 is 0. The van der Waals surface area contributed by atoms with Crippen molar-refractivity contribution in [2.75, 3.05) is 0 Å². The SMILES string of the molecule is C[C@H](NCc1ccc(C#N)cc1)c1cccc(Cl)c1. The van der Waals surface area contributed by atoms with Crippen LogP contribution in [0.4, 0.5) is 0 Å². The van der Waals surface area contributed by atoms with Gasteiger partial charge in [0.25, 0.3) is 0 Å². The van der Waals surface area contributed by atoms with Gasteiger partial charge in [0.05, 0.1) is 11.6 Å². The van der Waals surface area contributed by atoms with Crippen LogP contribution in [0.15, 0.2) is 48.5 Å². The van der Waals surface area contributed by atoms with Crippen molar-refractivity contribution in [3.05, 3.63) is 70.2 Å². The van der Waals surface area contributed by atoms with Crippen molar-refractivity contribution in [2.45, 2.75) is 19.5 Å². The van der Waals surface area contributed by atoms with Crippen LogP contribution in [0, 0.1) is 11.3 Å². The summed E-state index contributed by atoms with van der Waals surface area (Å²) in [6.07, 6.45) is 0. The monoisotopic (exact) mass is 270 g/mol. The minimum absolute atomic E-state index is 0.231. The number of hydrogen-bond donors (Lipinski definition) is 1. The van der Waals surface area contributed by atoms with Gasteiger partial charge >= 0.3 is 0 Å². The Morgan fingerprint density at radius 1 is 1.21 bits per heavy atom. The second kappa shape index (κ2) is 6.38. The molecule has 0 unspecified atom stereocenters. The summed E-state index contributed by atoms with van der Waals surface area (Å²) >= 11 is 5.98. The lowest BCUT2D eigenvalue weighted by molar-refractivity contribution is 0.575. The molecule has 0 heterocycles. The minimum Gasteiger partial charge on any atom is -0.306 e. The van der Waals surface area contributed by atoms with E-state index in [1.165, 1.54) is 5.56 Å². The van der Waals surface area contributed by atoms with Crippen LogP contribution >= 0.6 is 11.6 Å². The molecule has 0 aromatic heterocycles. The molecule has 1 N–H and O–H groups in total. The second-order valence-electron chi connectivity index (χ2n) is 4.47. The lowest BCUT2D eigenvalue weighted by atomic mass is 10.1. The summed E-state index contributed by atoms with van der Waals surface area (Å²) in [6, 6.07) is 17.8. The smallest absolute Gasteiger partial charge is 0.0991 e. The molecule has 0 fully saturated rings.